The van der Waals surface area contributed by atoms with E-state index >= 15 is 0 Å². The molecule has 3 N–H and O–H groups in total. The standard InChI is InChI=1S/C19H23N5O3/c20-17(25)19(6-7-19)18(26)24-9-1-2-13(11-24)12-27-14-3-4-15(21-10-14)16-5-8-22-23-16/h3-5,8,10,13H,1-2,6-7,9,11-12H2,(H2,20,25)(H,22,23)/t13-/m1/s1. The van der Waals surface area contributed by atoms with Crippen molar-refractivity contribution in [2.75, 3.05) is 19.7 Å². The van der Waals surface area contributed by atoms with E-state index in [9.17, 15) is 9.59 Å². The number of hydrogen-bond acceptors (Lipinski definition) is 5. The van der Waals surface area contributed by atoms with Crippen LogP contribution in [0.3, 0.4) is 0 Å². The molecule has 1 saturated heterocycles. The largest absolute Gasteiger partial charge is 0.492 e. The smallest absolute Gasteiger partial charge is 0.238 e. The van der Waals surface area contributed by atoms with Gasteiger partial charge < -0.3 is 15.4 Å². The summed E-state index contributed by atoms with van der Waals surface area (Å²) in [5.74, 6) is 0.329. The molecule has 3 heterocycles. The first-order valence-corrected chi connectivity index (χ1v) is 9.26. The van der Waals surface area contributed by atoms with Gasteiger partial charge in [-0.1, -0.05) is 0 Å². The first kappa shape index (κ1) is 17.5. The highest BCUT2D eigenvalue weighted by molar-refractivity contribution is 6.07. The lowest BCUT2D eigenvalue weighted by Crippen LogP contribution is -2.48. The predicted octanol–water partition coefficient (Wildman–Crippen LogP) is 1.35. The van der Waals surface area contributed by atoms with Crippen LogP contribution in [0.1, 0.15) is 25.7 Å². The molecular formula is C19H23N5O3. The van der Waals surface area contributed by atoms with Crippen molar-refractivity contribution in [2.45, 2.75) is 25.7 Å². The summed E-state index contributed by atoms with van der Waals surface area (Å²) >= 11 is 0. The van der Waals surface area contributed by atoms with Crippen LogP contribution < -0.4 is 10.5 Å². The highest BCUT2D eigenvalue weighted by atomic mass is 16.5. The summed E-state index contributed by atoms with van der Waals surface area (Å²) in [5, 5.41) is 6.79. The maximum absolute atomic E-state index is 12.7. The fraction of sp³-hybridized carbons (Fsp3) is 0.474. The summed E-state index contributed by atoms with van der Waals surface area (Å²) < 4.78 is 5.88. The van der Waals surface area contributed by atoms with Crippen LogP contribution in [-0.2, 0) is 9.59 Å². The molecule has 8 nitrogen and oxygen atoms in total. The van der Waals surface area contributed by atoms with Crippen LogP contribution >= 0.6 is 0 Å². The van der Waals surface area contributed by atoms with Crippen LogP contribution in [0.2, 0.25) is 0 Å². The molecule has 1 aliphatic carbocycles. The fourth-order valence-corrected chi connectivity index (χ4v) is 3.62. The van der Waals surface area contributed by atoms with Gasteiger partial charge in [-0.25, -0.2) is 0 Å². The molecular weight excluding hydrogens is 346 g/mol. The van der Waals surface area contributed by atoms with Gasteiger partial charge in [0.2, 0.25) is 11.8 Å². The Bertz CT molecular complexity index is 814. The molecule has 0 bridgehead atoms. The molecule has 4 rings (SSSR count). The van der Waals surface area contributed by atoms with E-state index in [0.717, 1.165) is 24.2 Å². The zero-order valence-electron chi connectivity index (χ0n) is 15.1. The molecule has 2 aliphatic rings. The molecule has 2 amide bonds. The van der Waals surface area contributed by atoms with Gasteiger partial charge in [-0.3, -0.25) is 19.7 Å². The zero-order valence-corrected chi connectivity index (χ0v) is 15.1. The highest BCUT2D eigenvalue weighted by Gasteiger charge is 2.57. The Morgan fingerprint density at radius 3 is 2.81 bits per heavy atom. The van der Waals surface area contributed by atoms with Crippen LogP contribution in [-0.4, -0.2) is 51.6 Å². The van der Waals surface area contributed by atoms with E-state index in [-0.39, 0.29) is 11.8 Å². The Labute approximate surface area is 157 Å². The van der Waals surface area contributed by atoms with Crippen molar-refractivity contribution in [1.29, 1.82) is 0 Å². The maximum atomic E-state index is 12.7. The Hall–Kier alpha value is -2.90. The molecule has 27 heavy (non-hydrogen) atoms. The lowest BCUT2D eigenvalue weighted by molar-refractivity contribution is -0.144. The Morgan fingerprint density at radius 1 is 1.33 bits per heavy atom. The number of H-pyrrole nitrogens is 1. The fourth-order valence-electron chi connectivity index (χ4n) is 3.62. The van der Waals surface area contributed by atoms with Crippen molar-refractivity contribution < 1.29 is 14.3 Å². The van der Waals surface area contributed by atoms with E-state index in [2.05, 4.69) is 15.2 Å². The maximum Gasteiger partial charge on any atom is 0.238 e. The number of amides is 2. The summed E-state index contributed by atoms with van der Waals surface area (Å²) in [6, 6.07) is 5.61. The number of carbonyl (C=O) groups is 2. The summed E-state index contributed by atoms with van der Waals surface area (Å²) in [7, 11) is 0. The minimum absolute atomic E-state index is 0.106. The monoisotopic (exact) mass is 369 g/mol. The quantitative estimate of drug-likeness (QED) is 0.746. The Morgan fingerprint density at radius 2 is 2.19 bits per heavy atom. The van der Waals surface area contributed by atoms with Crippen LogP contribution in [0.15, 0.2) is 30.6 Å². The van der Waals surface area contributed by atoms with Gasteiger partial charge >= 0.3 is 0 Å². The van der Waals surface area contributed by atoms with E-state index in [0.29, 0.717) is 38.3 Å². The van der Waals surface area contributed by atoms with Gasteiger partial charge in [-0.2, -0.15) is 5.10 Å². The Balaban J connectivity index is 1.32. The second kappa shape index (κ2) is 7.02. The van der Waals surface area contributed by atoms with Crippen LogP contribution in [0, 0.1) is 11.3 Å². The molecule has 0 radical (unpaired) electrons. The SMILES string of the molecule is NC(=O)C1(C(=O)N2CCC[C@@H](COc3ccc(-c4ccn[nH]4)nc3)C2)CC1. The predicted molar refractivity (Wildman–Crippen MR) is 97.5 cm³/mol. The van der Waals surface area contributed by atoms with Crippen molar-refractivity contribution in [1.82, 2.24) is 20.1 Å². The summed E-state index contributed by atoms with van der Waals surface area (Å²) in [6.07, 6.45) is 6.43. The number of pyridine rings is 1. The van der Waals surface area contributed by atoms with E-state index in [1.165, 1.54) is 0 Å². The number of nitrogens with two attached hydrogens (primary N) is 1. The number of nitrogens with one attached hydrogen (secondary N) is 1. The first-order chi connectivity index (χ1) is 13.1. The van der Waals surface area contributed by atoms with Crippen LogP contribution in [0.4, 0.5) is 0 Å². The third kappa shape index (κ3) is 3.51. The molecule has 0 spiro atoms. The first-order valence-electron chi connectivity index (χ1n) is 9.26. The number of aromatic nitrogens is 3. The topological polar surface area (TPSA) is 114 Å². The number of rotatable bonds is 6. The van der Waals surface area contributed by atoms with Gasteiger partial charge in [0.15, 0.2) is 0 Å². The third-order valence-corrected chi connectivity index (χ3v) is 5.44. The molecule has 2 aromatic rings. The number of nitrogens with zero attached hydrogens (tertiary/aromatic N) is 3. The number of primary amides is 1. The molecule has 1 saturated carbocycles. The molecule has 0 unspecified atom stereocenters. The van der Waals surface area contributed by atoms with E-state index in [1.807, 2.05) is 18.2 Å². The summed E-state index contributed by atoms with van der Waals surface area (Å²) in [6.45, 7) is 1.80. The normalized spacial score (nSPS) is 20.9. The van der Waals surface area contributed by atoms with E-state index in [1.54, 1.807) is 17.3 Å². The lowest BCUT2D eigenvalue weighted by atomic mass is 9.96. The van der Waals surface area contributed by atoms with Crippen molar-refractivity contribution in [3.05, 3.63) is 30.6 Å². The molecule has 8 heteroatoms. The van der Waals surface area contributed by atoms with Crippen molar-refractivity contribution in [2.24, 2.45) is 17.1 Å². The number of likely N-dealkylation sites (tertiary alicyclic amines) is 1. The number of hydrogen-bond donors (Lipinski definition) is 2. The van der Waals surface area contributed by atoms with Crippen LogP contribution in [0.25, 0.3) is 11.4 Å². The van der Waals surface area contributed by atoms with E-state index < -0.39 is 11.3 Å². The molecule has 142 valence electrons. The van der Waals surface area contributed by atoms with E-state index in [4.69, 9.17) is 10.5 Å². The summed E-state index contributed by atoms with van der Waals surface area (Å²) in [5.41, 5.74) is 6.15. The number of ether oxygens (including phenoxy) is 1. The second-order valence-electron chi connectivity index (χ2n) is 7.37. The zero-order chi connectivity index (χ0) is 18.9. The lowest BCUT2D eigenvalue weighted by Gasteiger charge is -2.34. The minimum Gasteiger partial charge on any atom is -0.492 e. The van der Waals surface area contributed by atoms with Gasteiger partial charge in [-0.05, 0) is 43.9 Å². The van der Waals surface area contributed by atoms with Gasteiger partial charge in [0.05, 0.1) is 24.2 Å². The third-order valence-electron chi connectivity index (χ3n) is 5.44. The van der Waals surface area contributed by atoms with Crippen LogP contribution in [0.5, 0.6) is 5.75 Å². The summed E-state index contributed by atoms with van der Waals surface area (Å²) in [4.78, 5) is 30.4. The average molecular weight is 369 g/mol. The van der Waals surface area contributed by atoms with Gasteiger partial charge in [0.25, 0.3) is 0 Å². The molecule has 1 atom stereocenters. The molecule has 2 fully saturated rings. The molecule has 0 aromatic carbocycles. The molecule has 2 aromatic heterocycles. The minimum atomic E-state index is -0.935. The van der Waals surface area contributed by atoms with Gasteiger partial charge in [0, 0.05) is 25.2 Å². The van der Waals surface area contributed by atoms with Crippen molar-refractivity contribution in [3.63, 3.8) is 0 Å². The van der Waals surface area contributed by atoms with Crippen molar-refractivity contribution >= 4 is 11.8 Å². The second-order valence-corrected chi connectivity index (χ2v) is 7.37. The Kier molecular flexibility index (Phi) is 4.55. The van der Waals surface area contributed by atoms with Gasteiger partial charge in [0.1, 0.15) is 11.2 Å². The highest BCUT2D eigenvalue weighted by Crippen LogP contribution is 2.47. The van der Waals surface area contributed by atoms with Gasteiger partial charge in [-0.15, -0.1) is 0 Å². The molecule has 1 aliphatic heterocycles. The average Bonchev–Trinajstić information content (AvgIpc) is 3.34. The number of carbonyl (C=O) groups excluding carboxylic acids is 2. The van der Waals surface area contributed by atoms with Crippen molar-refractivity contribution in [3.8, 4) is 17.1 Å². The number of aromatic amines is 1. The number of piperidine rings is 1.